The van der Waals surface area contributed by atoms with E-state index in [9.17, 15) is 9.18 Å². The summed E-state index contributed by atoms with van der Waals surface area (Å²) in [6.07, 6.45) is 1.75. The molecule has 4 N–H and O–H groups in total. The Balaban J connectivity index is 1.20. The Labute approximate surface area is 217 Å². The van der Waals surface area contributed by atoms with Crippen LogP contribution in [0.4, 0.5) is 21.5 Å². The van der Waals surface area contributed by atoms with Crippen LogP contribution in [-0.4, -0.2) is 10.9 Å². The molecule has 0 spiro atoms. The predicted octanol–water partition coefficient (Wildman–Crippen LogP) is 7.24. The summed E-state index contributed by atoms with van der Waals surface area (Å²) in [7, 11) is 0. The predicted molar refractivity (Wildman–Crippen MR) is 149 cm³/mol. The fraction of sp³-hybridized carbons (Fsp3) is 0.0323. The lowest BCUT2D eigenvalue weighted by molar-refractivity contribution is 0.102. The number of hydrogen-bond donors (Lipinski definition) is 3. The highest BCUT2D eigenvalue weighted by Crippen LogP contribution is 2.35. The topological polar surface area (TPSA) is 93.2 Å². The fourth-order valence-corrected chi connectivity index (χ4v) is 4.48. The number of anilines is 3. The van der Waals surface area contributed by atoms with Crippen LogP contribution in [0, 0.1) is 5.82 Å². The molecular formula is C31H23FN4O2. The molecule has 1 amide bonds. The van der Waals surface area contributed by atoms with Gasteiger partial charge in [-0.1, -0.05) is 36.4 Å². The molecule has 0 saturated carbocycles. The monoisotopic (exact) mass is 502 g/mol. The molecule has 2 heterocycles. The van der Waals surface area contributed by atoms with E-state index in [4.69, 9.17) is 10.2 Å². The van der Waals surface area contributed by atoms with Crippen molar-refractivity contribution >= 4 is 44.9 Å². The number of nitrogens with two attached hydrogens (primary N) is 1. The number of benzene rings is 4. The number of amides is 1. The number of hydrogen-bond acceptors (Lipinski definition) is 5. The summed E-state index contributed by atoms with van der Waals surface area (Å²) >= 11 is 0. The van der Waals surface area contributed by atoms with E-state index in [0.29, 0.717) is 11.3 Å². The van der Waals surface area contributed by atoms with Gasteiger partial charge in [-0.25, -0.2) is 4.39 Å². The molecule has 0 bridgehead atoms. The third-order valence-electron chi connectivity index (χ3n) is 6.39. The summed E-state index contributed by atoms with van der Waals surface area (Å²) in [5, 5.41) is 8.21. The second-order valence-corrected chi connectivity index (χ2v) is 8.89. The van der Waals surface area contributed by atoms with Crippen LogP contribution in [0.5, 0.6) is 0 Å². The second kappa shape index (κ2) is 9.80. The number of nitrogens with one attached hydrogen (secondary N) is 2. The molecule has 186 valence electrons. The highest BCUT2D eigenvalue weighted by atomic mass is 19.1. The number of rotatable bonds is 6. The van der Waals surface area contributed by atoms with Crippen molar-refractivity contribution in [3.8, 4) is 11.3 Å². The molecule has 0 aliphatic rings. The highest BCUT2D eigenvalue weighted by Gasteiger charge is 2.14. The van der Waals surface area contributed by atoms with Crippen molar-refractivity contribution in [1.29, 1.82) is 0 Å². The van der Waals surface area contributed by atoms with Gasteiger partial charge in [0.25, 0.3) is 5.91 Å². The Morgan fingerprint density at radius 1 is 0.842 bits per heavy atom. The van der Waals surface area contributed by atoms with E-state index in [1.807, 2.05) is 54.6 Å². The van der Waals surface area contributed by atoms with Crippen molar-refractivity contribution in [2.24, 2.45) is 5.73 Å². The molecule has 2 aromatic heterocycles. The van der Waals surface area contributed by atoms with E-state index in [0.717, 1.165) is 44.6 Å². The average Bonchev–Trinajstić information content (AvgIpc) is 3.33. The first-order chi connectivity index (χ1) is 18.6. The SMILES string of the molecule is NCc1ccc(C(=O)Nc2ccc(Nc3ccnc(-c4cccc5c4oc4ccccc45)c3)cc2)c(F)c1. The van der Waals surface area contributed by atoms with Gasteiger partial charge >= 0.3 is 0 Å². The minimum absolute atomic E-state index is 0.0341. The number of halogens is 1. The van der Waals surface area contributed by atoms with Crippen molar-refractivity contribution in [3.63, 3.8) is 0 Å². The third kappa shape index (κ3) is 4.47. The first kappa shape index (κ1) is 23.4. The molecule has 4 aromatic carbocycles. The fourth-order valence-electron chi connectivity index (χ4n) is 4.48. The molecule has 38 heavy (non-hydrogen) atoms. The van der Waals surface area contributed by atoms with Gasteiger partial charge in [-0.05, 0) is 66.2 Å². The lowest BCUT2D eigenvalue weighted by atomic mass is 10.1. The molecule has 0 atom stereocenters. The molecule has 7 heteroatoms. The minimum Gasteiger partial charge on any atom is -0.455 e. The van der Waals surface area contributed by atoms with E-state index in [1.165, 1.54) is 12.1 Å². The summed E-state index contributed by atoms with van der Waals surface area (Å²) in [5.74, 6) is -1.12. The van der Waals surface area contributed by atoms with Crippen LogP contribution >= 0.6 is 0 Å². The van der Waals surface area contributed by atoms with Crippen molar-refractivity contribution in [3.05, 3.63) is 120 Å². The Morgan fingerprint density at radius 2 is 1.63 bits per heavy atom. The number of furan rings is 1. The van der Waals surface area contributed by atoms with E-state index in [2.05, 4.69) is 27.8 Å². The number of nitrogens with zero attached hydrogens (tertiary/aromatic N) is 1. The zero-order chi connectivity index (χ0) is 26.1. The maximum Gasteiger partial charge on any atom is 0.258 e. The average molecular weight is 503 g/mol. The molecular weight excluding hydrogens is 479 g/mol. The lowest BCUT2D eigenvalue weighted by Gasteiger charge is -2.10. The van der Waals surface area contributed by atoms with Crippen LogP contribution in [-0.2, 0) is 6.54 Å². The number of fused-ring (bicyclic) bond motifs is 3. The Kier molecular flexibility index (Phi) is 6.03. The number of aromatic nitrogens is 1. The summed E-state index contributed by atoms with van der Waals surface area (Å²) < 4.78 is 20.4. The largest absolute Gasteiger partial charge is 0.455 e. The molecule has 0 aliphatic carbocycles. The standard InChI is InChI=1S/C31H23FN4O2/c32-27-16-19(18-33)8-13-25(27)31(37)36-21-11-9-20(10-12-21)35-22-14-15-34-28(17-22)26-6-3-5-24-23-4-1-2-7-29(23)38-30(24)26/h1-17H,18,33H2,(H,34,35)(H,36,37). The van der Waals surface area contributed by atoms with Crippen LogP contribution in [0.1, 0.15) is 15.9 Å². The summed E-state index contributed by atoms with van der Waals surface area (Å²) in [6, 6.07) is 29.4. The van der Waals surface area contributed by atoms with Gasteiger partial charge in [0.05, 0.1) is 11.3 Å². The van der Waals surface area contributed by atoms with Gasteiger partial charge in [0.2, 0.25) is 0 Å². The van der Waals surface area contributed by atoms with Crippen molar-refractivity contribution in [2.75, 3.05) is 10.6 Å². The first-order valence-electron chi connectivity index (χ1n) is 12.1. The molecule has 0 fully saturated rings. The molecule has 0 radical (unpaired) electrons. The Bertz CT molecular complexity index is 1790. The van der Waals surface area contributed by atoms with Gasteiger partial charge in [-0.3, -0.25) is 9.78 Å². The summed E-state index contributed by atoms with van der Waals surface area (Å²) in [5.41, 5.74) is 11.7. The van der Waals surface area contributed by atoms with Crippen LogP contribution in [0.2, 0.25) is 0 Å². The van der Waals surface area contributed by atoms with E-state index >= 15 is 0 Å². The number of para-hydroxylation sites is 2. The quantitative estimate of drug-likeness (QED) is 0.223. The van der Waals surface area contributed by atoms with E-state index < -0.39 is 11.7 Å². The second-order valence-electron chi connectivity index (χ2n) is 8.89. The lowest BCUT2D eigenvalue weighted by Crippen LogP contribution is -2.14. The smallest absolute Gasteiger partial charge is 0.258 e. The van der Waals surface area contributed by atoms with Crippen LogP contribution in [0.25, 0.3) is 33.2 Å². The van der Waals surface area contributed by atoms with Gasteiger partial charge in [-0.15, -0.1) is 0 Å². The van der Waals surface area contributed by atoms with Gasteiger partial charge in [0, 0.05) is 46.1 Å². The van der Waals surface area contributed by atoms with Gasteiger partial charge in [0.1, 0.15) is 17.0 Å². The van der Waals surface area contributed by atoms with Gasteiger partial charge < -0.3 is 20.8 Å². The van der Waals surface area contributed by atoms with Crippen LogP contribution < -0.4 is 16.4 Å². The normalized spacial score (nSPS) is 11.1. The first-order valence-corrected chi connectivity index (χ1v) is 12.1. The van der Waals surface area contributed by atoms with Crippen molar-refractivity contribution in [2.45, 2.75) is 6.54 Å². The Morgan fingerprint density at radius 3 is 2.45 bits per heavy atom. The van der Waals surface area contributed by atoms with Crippen LogP contribution in [0.3, 0.4) is 0 Å². The molecule has 6 nitrogen and oxygen atoms in total. The number of carbonyl (C=O) groups is 1. The maximum absolute atomic E-state index is 14.3. The zero-order valence-corrected chi connectivity index (χ0v) is 20.2. The molecule has 0 aliphatic heterocycles. The minimum atomic E-state index is -0.601. The van der Waals surface area contributed by atoms with Crippen molar-refractivity contribution in [1.82, 2.24) is 4.98 Å². The van der Waals surface area contributed by atoms with Gasteiger partial charge in [0.15, 0.2) is 0 Å². The molecule has 0 unspecified atom stereocenters. The molecule has 6 aromatic rings. The number of pyridine rings is 1. The van der Waals surface area contributed by atoms with Crippen molar-refractivity contribution < 1.29 is 13.6 Å². The van der Waals surface area contributed by atoms with E-state index in [1.54, 1.807) is 24.4 Å². The third-order valence-corrected chi connectivity index (χ3v) is 6.39. The summed E-state index contributed by atoms with van der Waals surface area (Å²) in [4.78, 5) is 17.1. The Hall–Kier alpha value is -5.01. The van der Waals surface area contributed by atoms with Gasteiger partial charge in [-0.2, -0.15) is 0 Å². The zero-order valence-electron chi connectivity index (χ0n) is 20.2. The number of carbonyl (C=O) groups excluding carboxylic acids is 1. The highest BCUT2D eigenvalue weighted by molar-refractivity contribution is 6.09. The van der Waals surface area contributed by atoms with Crippen LogP contribution in [0.15, 0.2) is 108 Å². The molecule has 6 rings (SSSR count). The van der Waals surface area contributed by atoms with E-state index in [-0.39, 0.29) is 12.1 Å². The molecule has 0 saturated heterocycles. The maximum atomic E-state index is 14.3. The summed E-state index contributed by atoms with van der Waals surface area (Å²) in [6.45, 7) is 0.210.